The van der Waals surface area contributed by atoms with Gasteiger partial charge in [-0.2, -0.15) is 0 Å². The first-order valence-corrected chi connectivity index (χ1v) is 4.41. The van der Waals surface area contributed by atoms with Gasteiger partial charge in [0, 0.05) is 21.7 Å². The van der Waals surface area contributed by atoms with Gasteiger partial charge in [-0.05, 0) is 0 Å². The summed E-state index contributed by atoms with van der Waals surface area (Å²) in [7, 11) is 0. The molecule has 0 aliphatic carbocycles. The molecule has 8 heavy (non-hydrogen) atoms. The van der Waals surface area contributed by atoms with Crippen molar-refractivity contribution in [1.29, 1.82) is 0 Å². The van der Waals surface area contributed by atoms with Gasteiger partial charge in [0.05, 0.1) is 0 Å². The van der Waals surface area contributed by atoms with E-state index in [9.17, 15) is 0 Å². The first-order chi connectivity index (χ1) is 2.41. The molecule has 0 N–H and O–H groups in total. The van der Waals surface area contributed by atoms with Crippen molar-refractivity contribution < 1.29 is 21.7 Å². The van der Waals surface area contributed by atoms with Crippen LogP contribution >= 0.6 is 24.8 Å². The number of rotatable bonds is 2. The minimum absolute atomic E-state index is 0. The summed E-state index contributed by atoms with van der Waals surface area (Å²) in [5.74, 6) is 0. The maximum atomic E-state index is 2.27. The van der Waals surface area contributed by atoms with Gasteiger partial charge in [-0.15, -0.1) is 35.4 Å². The van der Waals surface area contributed by atoms with Crippen molar-refractivity contribution in [3.63, 3.8) is 0 Å². The molecular weight excluding hydrogens is 194 g/mol. The van der Waals surface area contributed by atoms with Crippen LogP contribution in [0.15, 0.2) is 0 Å². The van der Waals surface area contributed by atoms with Gasteiger partial charge >= 0.3 is 0 Å². The van der Waals surface area contributed by atoms with E-state index in [0.717, 1.165) is 0 Å². The van der Waals surface area contributed by atoms with Gasteiger partial charge < -0.3 is 0 Å². The van der Waals surface area contributed by atoms with Crippen LogP contribution in [0.1, 0.15) is 13.8 Å². The zero-order valence-corrected chi connectivity index (χ0v) is 10.0. The molecular formula is C4H13AlCl2Ti. The average molecular weight is 207 g/mol. The molecule has 0 aromatic heterocycles. The standard InChI is InChI=1S/2C2H5.Al.2ClH.Ti.H/c2*1-2;;;;;/h2*1H2,2H3;;2*1H;;. The second kappa shape index (κ2) is 23.2. The third kappa shape index (κ3) is 24.9. The second-order valence-corrected chi connectivity index (χ2v) is 4.06. The van der Waals surface area contributed by atoms with E-state index in [1.54, 1.807) is 0 Å². The van der Waals surface area contributed by atoms with Gasteiger partial charge in [0.1, 0.15) is 0 Å². The quantitative estimate of drug-likeness (QED) is 0.608. The van der Waals surface area contributed by atoms with Gasteiger partial charge in [-0.1, -0.05) is 13.8 Å². The van der Waals surface area contributed by atoms with E-state index >= 15 is 0 Å². The Labute approximate surface area is 85.6 Å². The Morgan fingerprint density at radius 3 is 1.25 bits per heavy atom. The molecule has 0 unspecified atom stereocenters. The molecule has 0 aliphatic heterocycles. The molecule has 0 saturated heterocycles. The summed E-state index contributed by atoms with van der Waals surface area (Å²) < 4.78 is 0. The predicted molar refractivity (Wildman–Crippen MR) is 42.6 cm³/mol. The minimum atomic E-state index is 0. The van der Waals surface area contributed by atoms with Crippen LogP contribution in [-0.2, 0) is 21.7 Å². The van der Waals surface area contributed by atoms with Crippen molar-refractivity contribution in [2.75, 3.05) is 0 Å². The molecule has 0 radical (unpaired) electrons. The van der Waals surface area contributed by atoms with E-state index in [4.69, 9.17) is 0 Å². The van der Waals surface area contributed by atoms with E-state index in [2.05, 4.69) is 13.8 Å². The van der Waals surface area contributed by atoms with Crippen LogP contribution in [0, 0.1) is 0 Å². The van der Waals surface area contributed by atoms with Crippen LogP contribution in [0.25, 0.3) is 0 Å². The monoisotopic (exact) mass is 206 g/mol. The molecule has 0 fully saturated rings. The molecule has 0 amide bonds. The number of hydrogen-bond acceptors (Lipinski definition) is 0. The maximum Gasteiger partial charge on any atom is 0.236 e. The normalized spacial score (nSPS) is 4.75. The molecule has 50 valence electrons. The van der Waals surface area contributed by atoms with E-state index in [-0.39, 0.29) is 46.5 Å². The first-order valence-electron chi connectivity index (χ1n) is 2.41. The molecule has 0 nitrogen and oxygen atoms in total. The van der Waals surface area contributed by atoms with Crippen molar-refractivity contribution in [3.05, 3.63) is 0 Å². The van der Waals surface area contributed by atoms with E-state index in [1.165, 1.54) is 10.6 Å². The fraction of sp³-hybridized carbons (Fsp3) is 1.00. The molecule has 0 atom stereocenters. The largest absolute Gasteiger partial charge is 0.236 e. The Kier molecular flexibility index (Phi) is 65.4. The summed E-state index contributed by atoms with van der Waals surface area (Å²) in [5, 5.41) is 2.97. The van der Waals surface area contributed by atoms with Gasteiger partial charge in [0.15, 0.2) is 0 Å². The Balaban J connectivity index is -0.0000000267. The SMILES string of the molecule is C[CH2][AlH][CH2]C.Cl.Cl.[Ti]. The van der Waals surface area contributed by atoms with Crippen LogP contribution in [0.3, 0.4) is 0 Å². The fourth-order valence-corrected chi connectivity index (χ4v) is 1.06. The zero-order valence-electron chi connectivity index (χ0n) is 5.44. The van der Waals surface area contributed by atoms with E-state index < -0.39 is 0 Å². The van der Waals surface area contributed by atoms with Crippen molar-refractivity contribution >= 4 is 40.0 Å². The third-order valence-electron chi connectivity index (χ3n) is 0.707. The van der Waals surface area contributed by atoms with Crippen LogP contribution in [0.5, 0.6) is 0 Å². The van der Waals surface area contributed by atoms with Crippen LogP contribution < -0.4 is 0 Å². The average Bonchev–Trinajstić information content (AvgIpc) is 1.41. The van der Waals surface area contributed by atoms with Gasteiger partial charge in [-0.25, -0.2) is 0 Å². The molecule has 4 heteroatoms. The minimum Gasteiger partial charge on any atom is -0.147 e. The predicted octanol–water partition coefficient (Wildman–Crippen LogP) is 2.14. The number of halogens is 2. The smallest absolute Gasteiger partial charge is 0.147 e. The maximum absolute atomic E-state index is 2.27. The van der Waals surface area contributed by atoms with Crippen molar-refractivity contribution in [1.82, 2.24) is 0 Å². The molecule has 0 aromatic rings. The van der Waals surface area contributed by atoms with Crippen LogP contribution in [-0.4, -0.2) is 15.2 Å². The topological polar surface area (TPSA) is 0 Å². The van der Waals surface area contributed by atoms with Crippen molar-refractivity contribution in [2.45, 2.75) is 24.4 Å². The molecule has 0 bridgehead atoms. The van der Waals surface area contributed by atoms with Gasteiger partial charge in [0.25, 0.3) is 0 Å². The summed E-state index contributed by atoms with van der Waals surface area (Å²) in [6.07, 6.45) is 0. The molecule has 0 saturated carbocycles. The zero-order chi connectivity index (χ0) is 4.12. The fourth-order valence-electron chi connectivity index (χ4n) is 0.354. The summed E-state index contributed by atoms with van der Waals surface area (Å²) in [6.45, 7) is 4.55. The molecule has 0 heterocycles. The Hall–Kier alpha value is 1.83. The Bertz CT molecular complexity index is 21.5. The summed E-state index contributed by atoms with van der Waals surface area (Å²) in [6, 6.07) is 0. The summed E-state index contributed by atoms with van der Waals surface area (Å²) in [5.41, 5.74) is 0. The van der Waals surface area contributed by atoms with E-state index in [1.807, 2.05) is 0 Å². The molecule has 0 rings (SSSR count). The van der Waals surface area contributed by atoms with Gasteiger partial charge in [-0.3, -0.25) is 0 Å². The third-order valence-corrected chi connectivity index (χ3v) is 2.12. The molecule has 0 spiro atoms. The van der Waals surface area contributed by atoms with Gasteiger partial charge in [0.2, 0.25) is 15.2 Å². The molecule has 0 aliphatic rings. The summed E-state index contributed by atoms with van der Waals surface area (Å²) in [4.78, 5) is 0. The van der Waals surface area contributed by atoms with Crippen LogP contribution in [0.4, 0.5) is 0 Å². The Morgan fingerprint density at radius 1 is 1.00 bits per heavy atom. The first kappa shape index (κ1) is 22.6. The van der Waals surface area contributed by atoms with Crippen molar-refractivity contribution in [2.24, 2.45) is 0 Å². The molecule has 0 aromatic carbocycles. The number of hydrogen-bond donors (Lipinski definition) is 0. The summed E-state index contributed by atoms with van der Waals surface area (Å²) >= 11 is 0.432. The van der Waals surface area contributed by atoms with Crippen molar-refractivity contribution in [3.8, 4) is 0 Å². The van der Waals surface area contributed by atoms with Crippen LogP contribution in [0.2, 0.25) is 10.6 Å². The second-order valence-electron chi connectivity index (χ2n) is 1.35. The Morgan fingerprint density at radius 2 is 1.25 bits per heavy atom. The van der Waals surface area contributed by atoms with E-state index in [0.29, 0.717) is 15.2 Å².